The molecule has 5 nitrogen and oxygen atoms in total. The number of nitrogens with zero attached hydrogens (tertiary/aromatic N) is 3. The fraction of sp³-hybridized carbons (Fsp3) is 0.200. The number of aromatic nitrogens is 2. The van der Waals surface area contributed by atoms with Crippen molar-refractivity contribution < 1.29 is 4.42 Å². The third-order valence-electron chi connectivity index (χ3n) is 4.43. The summed E-state index contributed by atoms with van der Waals surface area (Å²) < 4.78 is 5.98. The average molecular weight is 332 g/mol. The SMILES string of the molecule is CN(C)[C@@H](CNc1ncnc2c1oc1ccccc12)c1ccccc1. The number of benzene rings is 2. The van der Waals surface area contributed by atoms with Crippen LogP contribution in [0.4, 0.5) is 5.82 Å². The largest absolute Gasteiger partial charge is 0.450 e. The zero-order valence-corrected chi connectivity index (χ0v) is 14.3. The lowest BCUT2D eigenvalue weighted by Gasteiger charge is -2.25. The molecule has 0 aliphatic carbocycles. The first-order valence-electron chi connectivity index (χ1n) is 8.31. The van der Waals surface area contributed by atoms with Crippen LogP contribution in [0.15, 0.2) is 65.3 Å². The van der Waals surface area contributed by atoms with Crippen molar-refractivity contribution in [2.45, 2.75) is 6.04 Å². The number of furan rings is 1. The van der Waals surface area contributed by atoms with Crippen LogP contribution in [0, 0.1) is 0 Å². The summed E-state index contributed by atoms with van der Waals surface area (Å²) in [6.07, 6.45) is 1.58. The molecule has 0 radical (unpaired) electrons. The fourth-order valence-corrected chi connectivity index (χ4v) is 3.12. The molecular formula is C20H20N4O. The minimum absolute atomic E-state index is 0.232. The van der Waals surface area contributed by atoms with Gasteiger partial charge in [0.15, 0.2) is 11.4 Å². The van der Waals surface area contributed by atoms with E-state index in [-0.39, 0.29) is 6.04 Å². The maximum absolute atomic E-state index is 5.98. The van der Waals surface area contributed by atoms with E-state index in [9.17, 15) is 0 Å². The predicted molar refractivity (Wildman–Crippen MR) is 101 cm³/mol. The highest BCUT2D eigenvalue weighted by atomic mass is 16.3. The summed E-state index contributed by atoms with van der Waals surface area (Å²) in [7, 11) is 4.16. The normalized spacial score (nSPS) is 12.8. The van der Waals surface area contributed by atoms with Gasteiger partial charge in [0.25, 0.3) is 0 Å². The first-order valence-corrected chi connectivity index (χ1v) is 8.31. The quantitative estimate of drug-likeness (QED) is 0.596. The standard InChI is InChI=1S/C20H20N4O/c1-24(2)16(14-8-4-3-5-9-14)12-21-20-19-18(22-13-23-20)15-10-6-7-11-17(15)25-19/h3-11,13,16H,12H2,1-2H3,(H,21,22,23)/t16-/m0/s1. The van der Waals surface area contributed by atoms with Crippen LogP contribution in [0.3, 0.4) is 0 Å². The Kier molecular flexibility index (Phi) is 4.07. The van der Waals surface area contributed by atoms with Gasteiger partial charge in [0.1, 0.15) is 17.4 Å². The van der Waals surface area contributed by atoms with Gasteiger partial charge in [0, 0.05) is 11.9 Å². The van der Waals surface area contributed by atoms with Crippen LogP contribution in [-0.4, -0.2) is 35.5 Å². The van der Waals surface area contributed by atoms with E-state index in [2.05, 4.69) is 58.5 Å². The number of nitrogens with one attached hydrogen (secondary N) is 1. The minimum atomic E-state index is 0.232. The summed E-state index contributed by atoms with van der Waals surface area (Å²) in [6.45, 7) is 0.722. The Labute approximate surface area is 146 Å². The molecule has 0 fully saturated rings. The summed E-state index contributed by atoms with van der Waals surface area (Å²) in [5.41, 5.74) is 3.63. The minimum Gasteiger partial charge on any atom is -0.450 e. The van der Waals surface area contributed by atoms with Gasteiger partial charge in [0.05, 0.1) is 6.04 Å². The molecule has 2 aromatic carbocycles. The summed E-state index contributed by atoms with van der Waals surface area (Å²) >= 11 is 0. The molecule has 0 saturated carbocycles. The molecule has 2 heterocycles. The smallest absolute Gasteiger partial charge is 0.196 e. The highest BCUT2D eigenvalue weighted by Gasteiger charge is 2.17. The van der Waals surface area contributed by atoms with Crippen molar-refractivity contribution in [3.63, 3.8) is 0 Å². The molecule has 0 spiro atoms. The summed E-state index contributed by atoms with van der Waals surface area (Å²) in [5.74, 6) is 0.726. The summed E-state index contributed by atoms with van der Waals surface area (Å²) in [6, 6.07) is 18.6. The molecule has 0 aliphatic rings. The molecule has 1 atom stereocenters. The van der Waals surface area contributed by atoms with Crippen LogP contribution in [-0.2, 0) is 0 Å². The second-order valence-electron chi connectivity index (χ2n) is 6.27. The third-order valence-corrected chi connectivity index (χ3v) is 4.43. The highest BCUT2D eigenvalue weighted by Crippen LogP contribution is 2.30. The van der Waals surface area contributed by atoms with E-state index in [0.29, 0.717) is 5.58 Å². The molecule has 4 rings (SSSR count). The van der Waals surface area contributed by atoms with E-state index >= 15 is 0 Å². The van der Waals surface area contributed by atoms with Gasteiger partial charge < -0.3 is 14.6 Å². The monoisotopic (exact) mass is 332 g/mol. The third kappa shape index (κ3) is 2.94. The van der Waals surface area contributed by atoms with Crippen molar-refractivity contribution in [2.75, 3.05) is 26.0 Å². The maximum Gasteiger partial charge on any atom is 0.196 e. The fourth-order valence-electron chi connectivity index (χ4n) is 3.12. The van der Waals surface area contributed by atoms with E-state index in [0.717, 1.165) is 28.8 Å². The lowest BCUT2D eigenvalue weighted by Crippen LogP contribution is -2.27. The Morgan fingerprint density at radius 3 is 2.56 bits per heavy atom. The molecule has 2 aromatic heterocycles. The second kappa shape index (κ2) is 6.53. The van der Waals surface area contributed by atoms with Gasteiger partial charge in [-0.05, 0) is 31.8 Å². The molecule has 0 aliphatic heterocycles. The number of para-hydroxylation sites is 1. The predicted octanol–water partition coefficient (Wildman–Crippen LogP) is 4.09. The van der Waals surface area contributed by atoms with Gasteiger partial charge in [-0.3, -0.25) is 0 Å². The van der Waals surface area contributed by atoms with Gasteiger partial charge in [-0.1, -0.05) is 42.5 Å². The van der Waals surface area contributed by atoms with E-state index < -0.39 is 0 Å². The van der Waals surface area contributed by atoms with Crippen molar-refractivity contribution in [2.24, 2.45) is 0 Å². The van der Waals surface area contributed by atoms with Gasteiger partial charge >= 0.3 is 0 Å². The van der Waals surface area contributed by atoms with Crippen molar-refractivity contribution >= 4 is 27.9 Å². The molecule has 0 unspecified atom stereocenters. The van der Waals surface area contributed by atoms with Crippen LogP contribution < -0.4 is 5.32 Å². The van der Waals surface area contributed by atoms with Gasteiger partial charge in [-0.25, -0.2) is 9.97 Å². The first kappa shape index (κ1) is 15.6. The molecule has 0 saturated heterocycles. The Morgan fingerprint density at radius 2 is 1.76 bits per heavy atom. The Morgan fingerprint density at radius 1 is 1.00 bits per heavy atom. The van der Waals surface area contributed by atoms with Crippen LogP contribution in [0.1, 0.15) is 11.6 Å². The Bertz CT molecular complexity index is 994. The number of anilines is 1. The van der Waals surface area contributed by atoms with Gasteiger partial charge in [-0.2, -0.15) is 0 Å². The first-order chi connectivity index (χ1) is 12.2. The molecule has 0 bridgehead atoms. The lowest BCUT2D eigenvalue weighted by atomic mass is 10.1. The van der Waals surface area contributed by atoms with Crippen molar-refractivity contribution in [3.8, 4) is 0 Å². The van der Waals surface area contributed by atoms with Gasteiger partial charge in [-0.15, -0.1) is 0 Å². The van der Waals surface area contributed by atoms with Crippen molar-refractivity contribution in [1.82, 2.24) is 14.9 Å². The summed E-state index contributed by atoms with van der Waals surface area (Å²) in [5, 5.41) is 4.45. The number of hydrogen-bond donors (Lipinski definition) is 1. The number of hydrogen-bond acceptors (Lipinski definition) is 5. The highest BCUT2D eigenvalue weighted by molar-refractivity contribution is 6.05. The molecule has 4 aromatic rings. The van der Waals surface area contributed by atoms with Crippen LogP contribution in [0.25, 0.3) is 22.1 Å². The van der Waals surface area contributed by atoms with E-state index in [4.69, 9.17) is 4.42 Å². The number of rotatable bonds is 5. The molecule has 1 N–H and O–H groups in total. The maximum atomic E-state index is 5.98. The van der Waals surface area contributed by atoms with E-state index in [1.165, 1.54) is 5.56 Å². The van der Waals surface area contributed by atoms with Crippen LogP contribution >= 0.6 is 0 Å². The molecule has 25 heavy (non-hydrogen) atoms. The van der Waals surface area contributed by atoms with Crippen molar-refractivity contribution in [3.05, 3.63) is 66.5 Å². The average Bonchev–Trinajstić information content (AvgIpc) is 3.02. The topological polar surface area (TPSA) is 54.2 Å². The van der Waals surface area contributed by atoms with E-state index in [1.807, 2.05) is 30.3 Å². The van der Waals surface area contributed by atoms with Crippen LogP contribution in [0.2, 0.25) is 0 Å². The Hall–Kier alpha value is -2.92. The molecule has 0 amide bonds. The number of fused-ring (bicyclic) bond motifs is 3. The zero-order valence-electron chi connectivity index (χ0n) is 14.3. The molecule has 126 valence electrons. The summed E-state index contributed by atoms with van der Waals surface area (Å²) in [4.78, 5) is 11.0. The van der Waals surface area contributed by atoms with E-state index in [1.54, 1.807) is 6.33 Å². The number of likely N-dealkylation sites (N-methyl/N-ethyl adjacent to an activating group) is 1. The second-order valence-corrected chi connectivity index (χ2v) is 6.27. The van der Waals surface area contributed by atoms with Crippen molar-refractivity contribution in [1.29, 1.82) is 0 Å². The lowest BCUT2D eigenvalue weighted by molar-refractivity contribution is 0.311. The molecule has 5 heteroatoms. The van der Waals surface area contributed by atoms with Gasteiger partial charge in [0.2, 0.25) is 0 Å². The Balaban J connectivity index is 1.66. The van der Waals surface area contributed by atoms with Crippen LogP contribution in [0.5, 0.6) is 0 Å². The molecular weight excluding hydrogens is 312 g/mol. The zero-order chi connectivity index (χ0) is 17.2.